The average molecular weight is 741 g/mol. The minimum atomic E-state index is -4.79. The Kier molecular flexibility index (Phi) is 11.2. The van der Waals surface area contributed by atoms with Crippen LogP contribution >= 0.6 is 15.9 Å². The van der Waals surface area contributed by atoms with Crippen molar-refractivity contribution in [3.8, 4) is 5.75 Å². The molecule has 4 aromatic carbocycles. The number of alkyl halides is 3. The summed E-state index contributed by atoms with van der Waals surface area (Å²) in [5.74, 6) is -1.13. The van der Waals surface area contributed by atoms with Gasteiger partial charge in [-0.05, 0) is 82.4 Å². The maximum absolute atomic E-state index is 14.5. The first kappa shape index (κ1) is 35.4. The number of nitrogens with zero attached hydrogens (tertiary/aromatic N) is 4. The lowest BCUT2D eigenvalue weighted by atomic mass is 9.80. The second-order valence-corrected chi connectivity index (χ2v) is 12.1. The third kappa shape index (κ3) is 8.58. The largest absolute Gasteiger partial charge is 0.494 e. The quantitative estimate of drug-likeness (QED) is 0.0474. The number of aliphatic hydroxyl groups excluding tert-OH is 1. The highest BCUT2D eigenvalue weighted by molar-refractivity contribution is 9.10. The Morgan fingerprint density at radius 3 is 2.49 bits per heavy atom. The van der Waals surface area contributed by atoms with Crippen molar-refractivity contribution in [1.82, 2.24) is 5.32 Å². The first-order valence-corrected chi connectivity index (χ1v) is 15.9. The predicted molar refractivity (Wildman–Crippen MR) is 177 cm³/mol. The molecule has 2 atom stereocenters. The first-order valence-electron chi connectivity index (χ1n) is 15.1. The Morgan fingerprint density at radius 2 is 1.80 bits per heavy atom. The van der Waals surface area contributed by atoms with E-state index in [0.29, 0.717) is 47.1 Å². The highest BCUT2D eigenvalue weighted by Gasteiger charge is 2.53. The molecular weight excluding hydrogens is 710 g/mol. The minimum Gasteiger partial charge on any atom is -0.494 e. The van der Waals surface area contributed by atoms with Gasteiger partial charge in [-0.15, -0.1) is 0 Å². The van der Waals surface area contributed by atoms with Crippen LogP contribution in [-0.4, -0.2) is 35.7 Å². The van der Waals surface area contributed by atoms with E-state index < -0.39 is 41.7 Å². The molecule has 0 saturated heterocycles. The van der Waals surface area contributed by atoms with E-state index in [1.165, 1.54) is 0 Å². The van der Waals surface area contributed by atoms with Gasteiger partial charge in [0.15, 0.2) is 11.6 Å². The van der Waals surface area contributed by atoms with Crippen LogP contribution in [0.1, 0.15) is 45.9 Å². The molecule has 2 N–H and O–H groups in total. The number of rotatable bonds is 13. The minimum absolute atomic E-state index is 0.00453. The number of hydrogen-bond acceptors (Lipinski definition) is 6. The van der Waals surface area contributed by atoms with Gasteiger partial charge in [0.25, 0.3) is 5.91 Å². The molecule has 1 heterocycles. The van der Waals surface area contributed by atoms with Gasteiger partial charge < -0.3 is 19.9 Å². The molecule has 0 aromatic heterocycles. The van der Waals surface area contributed by atoms with Crippen molar-refractivity contribution in [2.45, 2.75) is 43.8 Å². The van der Waals surface area contributed by atoms with E-state index in [2.05, 4.69) is 31.3 Å². The Morgan fingerprint density at radius 1 is 1.06 bits per heavy atom. The summed E-state index contributed by atoms with van der Waals surface area (Å²) in [6, 6.07) is 23.0. The van der Waals surface area contributed by atoms with Crippen molar-refractivity contribution in [3.63, 3.8) is 0 Å². The van der Waals surface area contributed by atoms with Crippen LogP contribution in [-0.2, 0) is 35.2 Å². The monoisotopic (exact) mass is 739 g/mol. The Balaban J connectivity index is 1.60. The average Bonchev–Trinajstić information content (AvgIpc) is 3.47. The van der Waals surface area contributed by atoms with Crippen LogP contribution < -0.4 is 10.1 Å². The first-order chi connectivity index (χ1) is 23.5. The van der Waals surface area contributed by atoms with E-state index in [1.54, 1.807) is 72.8 Å². The van der Waals surface area contributed by atoms with Crippen molar-refractivity contribution >= 4 is 27.7 Å². The molecule has 0 spiro atoms. The lowest BCUT2D eigenvalue weighted by molar-refractivity contribution is -0.137. The maximum Gasteiger partial charge on any atom is 0.416 e. The molecule has 0 fully saturated rings. The summed E-state index contributed by atoms with van der Waals surface area (Å²) in [5, 5.41) is 15.5. The molecular formula is C35H30BrF4N5O4. The normalized spacial score (nSPS) is 17.1. The van der Waals surface area contributed by atoms with Crippen LogP contribution in [0.4, 0.5) is 17.6 Å². The third-order valence-electron chi connectivity index (χ3n) is 7.80. The van der Waals surface area contributed by atoms with Gasteiger partial charge in [-0.1, -0.05) is 57.4 Å². The molecule has 0 aliphatic carbocycles. The van der Waals surface area contributed by atoms with Gasteiger partial charge in [-0.25, -0.2) is 9.38 Å². The van der Waals surface area contributed by atoms with E-state index in [0.717, 1.165) is 16.6 Å². The molecule has 4 aromatic rings. The molecule has 9 nitrogen and oxygen atoms in total. The molecule has 0 bridgehead atoms. The molecule has 0 unspecified atom stereocenters. The van der Waals surface area contributed by atoms with Crippen LogP contribution in [0, 0.1) is 5.82 Å². The summed E-state index contributed by atoms with van der Waals surface area (Å²) in [4.78, 5) is 22.3. The van der Waals surface area contributed by atoms with Crippen molar-refractivity contribution in [2.75, 3.05) is 13.2 Å². The van der Waals surface area contributed by atoms with Crippen LogP contribution in [0.25, 0.3) is 10.4 Å². The van der Waals surface area contributed by atoms with E-state index in [9.17, 15) is 22.4 Å². The number of carbonyl (C=O) groups excluding carboxylic acids is 1. The van der Waals surface area contributed by atoms with Gasteiger partial charge in [0.05, 0.1) is 18.7 Å². The highest BCUT2D eigenvalue weighted by Crippen LogP contribution is 2.44. The van der Waals surface area contributed by atoms with Gasteiger partial charge >= 0.3 is 6.18 Å². The number of azide groups is 1. The SMILES string of the molecule is [N-]=[N+]=NCc1ccccc1[C@H]1OC(c2ccc(OCCCO)cc2)=N[C@@]1(Cc1ccc(Br)cc1)C(=O)NCc1cc(F)cc(C(F)(F)F)c1. The van der Waals surface area contributed by atoms with Gasteiger partial charge in [-0.3, -0.25) is 4.79 Å². The molecule has 5 rings (SSSR count). The summed E-state index contributed by atoms with van der Waals surface area (Å²) >= 11 is 3.42. The van der Waals surface area contributed by atoms with E-state index in [1.807, 2.05) is 0 Å². The highest BCUT2D eigenvalue weighted by atomic mass is 79.9. The van der Waals surface area contributed by atoms with Crippen LogP contribution in [0.2, 0.25) is 0 Å². The van der Waals surface area contributed by atoms with Crippen molar-refractivity contribution in [3.05, 3.63) is 145 Å². The van der Waals surface area contributed by atoms with Crippen molar-refractivity contribution in [2.24, 2.45) is 10.1 Å². The molecule has 1 aliphatic rings. The van der Waals surface area contributed by atoms with Crippen molar-refractivity contribution in [1.29, 1.82) is 0 Å². The Hall–Kier alpha value is -4.91. The van der Waals surface area contributed by atoms with Gasteiger partial charge in [0.2, 0.25) is 5.90 Å². The van der Waals surface area contributed by atoms with Crippen LogP contribution in [0.3, 0.4) is 0 Å². The van der Waals surface area contributed by atoms with Crippen molar-refractivity contribution < 1.29 is 36.9 Å². The van der Waals surface area contributed by atoms with Gasteiger partial charge in [0.1, 0.15) is 11.6 Å². The topological polar surface area (TPSA) is 129 Å². The van der Waals surface area contributed by atoms with Gasteiger partial charge in [-0.2, -0.15) is 13.2 Å². The summed E-state index contributed by atoms with van der Waals surface area (Å²) in [6.45, 7) is -0.194. The smallest absolute Gasteiger partial charge is 0.416 e. The summed E-state index contributed by atoms with van der Waals surface area (Å²) in [5.41, 5.74) is 8.34. The lowest BCUT2D eigenvalue weighted by Crippen LogP contribution is -2.50. The van der Waals surface area contributed by atoms with E-state index >= 15 is 0 Å². The number of hydrogen-bond donors (Lipinski definition) is 2. The Labute approximate surface area is 287 Å². The molecule has 254 valence electrons. The number of carbonyl (C=O) groups is 1. The number of ether oxygens (including phenoxy) is 2. The predicted octanol–water partition coefficient (Wildman–Crippen LogP) is 7.99. The number of benzene rings is 4. The molecule has 0 saturated carbocycles. The molecule has 1 amide bonds. The molecule has 14 heteroatoms. The number of amides is 1. The van der Waals surface area contributed by atoms with Gasteiger partial charge in [0, 0.05) is 40.9 Å². The maximum atomic E-state index is 14.5. The standard InChI is InChI=1S/C35H30BrF4N5O4/c36-27-10-6-22(7-11-27)19-34(33(47)42-20-23-16-26(35(38,39)40)18-28(37)17-23)31(30-5-2-1-4-25(30)21-43-45-41)49-32(44-34)24-8-12-29(13-9-24)48-15-3-14-46/h1-2,4-13,16-18,31,46H,3,14-15,19-21H2,(H,42,47)/t31-,34-/m1/s1. The second kappa shape index (κ2) is 15.5. The number of nitrogens with one attached hydrogen (secondary N) is 1. The summed E-state index contributed by atoms with van der Waals surface area (Å²) < 4.78 is 67.6. The molecule has 0 radical (unpaired) electrons. The molecule has 1 aliphatic heterocycles. The zero-order valence-electron chi connectivity index (χ0n) is 25.8. The summed E-state index contributed by atoms with van der Waals surface area (Å²) in [6.07, 6.45) is -5.43. The lowest BCUT2D eigenvalue weighted by Gasteiger charge is -2.32. The third-order valence-corrected chi connectivity index (χ3v) is 8.33. The fourth-order valence-corrected chi connectivity index (χ4v) is 5.73. The summed E-state index contributed by atoms with van der Waals surface area (Å²) in [7, 11) is 0. The zero-order chi connectivity index (χ0) is 35.0. The Bertz CT molecular complexity index is 1870. The molecule has 49 heavy (non-hydrogen) atoms. The van der Waals surface area contributed by atoms with Crippen LogP contribution in [0.5, 0.6) is 5.75 Å². The number of aliphatic hydroxyl groups is 1. The number of aliphatic imine (C=N–C) groups is 1. The fourth-order valence-electron chi connectivity index (χ4n) is 5.47. The number of halogens is 5. The van der Waals surface area contributed by atoms with Crippen LogP contribution in [0.15, 0.2) is 106 Å². The fraction of sp³-hybridized carbons (Fsp3) is 0.257. The van der Waals surface area contributed by atoms with E-state index in [-0.39, 0.29) is 31.0 Å². The van der Waals surface area contributed by atoms with E-state index in [4.69, 9.17) is 25.1 Å². The second-order valence-electron chi connectivity index (χ2n) is 11.2. The zero-order valence-corrected chi connectivity index (χ0v) is 27.4.